The molecule has 0 unspecified atom stereocenters. The SMILES string of the molecule is CCCCCc1cc[c-](C)c1.CCCCCc1cc[c-](C)c1.[Cl-].[Cl-].[Zr+4]. The van der Waals surface area contributed by atoms with Crippen LogP contribution >= 0.6 is 0 Å². The Balaban J connectivity index is -0.000000346. The monoisotopic (exact) mass is 458 g/mol. The van der Waals surface area contributed by atoms with Gasteiger partial charge < -0.3 is 24.8 Å². The summed E-state index contributed by atoms with van der Waals surface area (Å²) in [6, 6.07) is 13.4. The molecule has 0 saturated carbocycles. The molecule has 0 nitrogen and oxygen atoms in total. The molecule has 140 valence electrons. The summed E-state index contributed by atoms with van der Waals surface area (Å²) in [7, 11) is 0. The molecule has 0 heterocycles. The molecule has 0 N–H and O–H groups in total. The zero-order valence-electron chi connectivity index (χ0n) is 16.4. The summed E-state index contributed by atoms with van der Waals surface area (Å²) in [5.74, 6) is 0. The molecule has 0 saturated heterocycles. The van der Waals surface area contributed by atoms with E-state index in [0.717, 1.165) is 0 Å². The van der Waals surface area contributed by atoms with E-state index in [1.807, 2.05) is 0 Å². The van der Waals surface area contributed by atoms with Crippen LogP contribution < -0.4 is 24.8 Å². The molecule has 25 heavy (non-hydrogen) atoms. The molecule has 0 spiro atoms. The fourth-order valence-electron chi connectivity index (χ4n) is 2.72. The zero-order chi connectivity index (χ0) is 16.2. The molecule has 0 aliphatic heterocycles. The van der Waals surface area contributed by atoms with Gasteiger partial charge in [-0.15, -0.1) is 0 Å². The van der Waals surface area contributed by atoms with E-state index in [1.54, 1.807) is 0 Å². The third-order valence-corrected chi connectivity index (χ3v) is 4.08. The predicted molar refractivity (Wildman–Crippen MR) is 100 cm³/mol. The normalized spacial score (nSPS) is 9.12. The van der Waals surface area contributed by atoms with E-state index < -0.39 is 0 Å². The van der Waals surface area contributed by atoms with Crippen LogP contribution in [0.2, 0.25) is 0 Å². The average Bonchev–Trinajstić information content (AvgIpc) is 3.09. The van der Waals surface area contributed by atoms with Crippen LogP contribution in [0.3, 0.4) is 0 Å². The number of halogens is 2. The molecule has 0 fully saturated rings. The fourth-order valence-corrected chi connectivity index (χ4v) is 2.72. The van der Waals surface area contributed by atoms with Crippen molar-refractivity contribution in [2.24, 2.45) is 0 Å². The maximum Gasteiger partial charge on any atom is 4.00 e. The first kappa shape index (κ1) is 29.9. The van der Waals surface area contributed by atoms with E-state index in [0.29, 0.717) is 0 Å². The van der Waals surface area contributed by atoms with Crippen LogP contribution in [0, 0.1) is 13.8 Å². The number of aryl methyl sites for hydroxylation is 4. The van der Waals surface area contributed by atoms with Crippen molar-refractivity contribution in [2.75, 3.05) is 0 Å². The molecule has 2 rings (SSSR count). The van der Waals surface area contributed by atoms with Gasteiger partial charge in [-0.3, -0.25) is 0 Å². The Morgan fingerprint density at radius 3 is 1.28 bits per heavy atom. The Hall–Kier alpha value is 0.163. The Morgan fingerprint density at radius 2 is 1.04 bits per heavy atom. The van der Waals surface area contributed by atoms with Gasteiger partial charge in [-0.25, -0.2) is 12.1 Å². The Morgan fingerprint density at radius 1 is 0.680 bits per heavy atom. The minimum absolute atomic E-state index is 0. The van der Waals surface area contributed by atoms with Crippen LogP contribution in [0.5, 0.6) is 0 Å². The summed E-state index contributed by atoms with van der Waals surface area (Å²) in [5.41, 5.74) is 5.82. The first-order chi connectivity index (χ1) is 10.7. The molecule has 2 aromatic carbocycles. The summed E-state index contributed by atoms with van der Waals surface area (Å²) in [6.45, 7) is 8.80. The predicted octanol–water partition coefficient (Wildman–Crippen LogP) is 0.899. The van der Waals surface area contributed by atoms with Gasteiger partial charge >= 0.3 is 26.2 Å². The molecule has 0 aliphatic rings. The van der Waals surface area contributed by atoms with Crippen LogP contribution in [0.4, 0.5) is 0 Å². The van der Waals surface area contributed by atoms with Gasteiger partial charge in [0, 0.05) is 0 Å². The van der Waals surface area contributed by atoms with Crippen LogP contribution in [0.25, 0.3) is 0 Å². The van der Waals surface area contributed by atoms with Crippen molar-refractivity contribution in [3.05, 3.63) is 58.7 Å². The van der Waals surface area contributed by atoms with Crippen molar-refractivity contribution >= 4 is 0 Å². The van der Waals surface area contributed by atoms with Crippen molar-refractivity contribution in [3.8, 4) is 0 Å². The smallest absolute Gasteiger partial charge is 1.00 e. The van der Waals surface area contributed by atoms with Crippen molar-refractivity contribution in [3.63, 3.8) is 0 Å². The third kappa shape index (κ3) is 15.0. The van der Waals surface area contributed by atoms with Gasteiger partial charge in [0.1, 0.15) is 0 Å². The molecule has 0 aromatic heterocycles. The van der Waals surface area contributed by atoms with E-state index >= 15 is 0 Å². The quantitative estimate of drug-likeness (QED) is 0.406. The molecule has 0 bridgehead atoms. The summed E-state index contributed by atoms with van der Waals surface area (Å²) in [4.78, 5) is 0. The van der Waals surface area contributed by atoms with E-state index in [-0.39, 0.29) is 51.0 Å². The Bertz CT molecular complexity index is 453. The van der Waals surface area contributed by atoms with Crippen molar-refractivity contribution in [1.82, 2.24) is 0 Å². The second-order valence-electron chi connectivity index (χ2n) is 6.51. The largest absolute Gasteiger partial charge is 4.00 e. The van der Waals surface area contributed by atoms with E-state index in [4.69, 9.17) is 0 Å². The number of hydrogen-bond donors (Lipinski definition) is 0. The molecular formula is C22H34Cl2Zr. The number of hydrogen-bond acceptors (Lipinski definition) is 0. The van der Waals surface area contributed by atoms with Crippen LogP contribution in [0.1, 0.15) is 74.6 Å². The third-order valence-electron chi connectivity index (χ3n) is 4.08. The second kappa shape index (κ2) is 18.9. The maximum absolute atomic E-state index is 2.29. The number of rotatable bonds is 8. The molecule has 0 aliphatic carbocycles. The standard InChI is InChI=1S/2C11H17.2ClH.Zr/c2*1-3-4-5-6-11-8-7-10(2)9-11;;;/h2*7-9H,3-6H2,1-2H3;2*1H;/q2*-1;;;+4/p-2. The maximum atomic E-state index is 2.29. The molecule has 2 aromatic rings. The Labute approximate surface area is 187 Å². The first-order valence-electron chi connectivity index (χ1n) is 9.10. The van der Waals surface area contributed by atoms with Gasteiger partial charge in [0.05, 0.1) is 0 Å². The summed E-state index contributed by atoms with van der Waals surface area (Å²) in [5, 5.41) is 0. The van der Waals surface area contributed by atoms with Crippen LogP contribution in [-0.2, 0) is 39.0 Å². The molecule has 0 atom stereocenters. The summed E-state index contributed by atoms with van der Waals surface area (Å²) >= 11 is 0. The van der Waals surface area contributed by atoms with E-state index in [2.05, 4.69) is 64.1 Å². The Kier molecular flexibility index (Phi) is 22.7. The van der Waals surface area contributed by atoms with Crippen molar-refractivity contribution < 1.29 is 51.0 Å². The van der Waals surface area contributed by atoms with E-state index in [1.165, 1.54) is 73.6 Å². The minimum atomic E-state index is 0. The zero-order valence-corrected chi connectivity index (χ0v) is 20.3. The van der Waals surface area contributed by atoms with Gasteiger partial charge in [0.15, 0.2) is 0 Å². The van der Waals surface area contributed by atoms with Crippen molar-refractivity contribution in [2.45, 2.75) is 79.1 Å². The summed E-state index contributed by atoms with van der Waals surface area (Å²) < 4.78 is 0. The molecule has 3 heteroatoms. The molecular weight excluding hydrogens is 426 g/mol. The number of unbranched alkanes of at least 4 members (excludes halogenated alkanes) is 4. The van der Waals surface area contributed by atoms with Crippen molar-refractivity contribution in [1.29, 1.82) is 0 Å². The molecule has 0 amide bonds. The second-order valence-corrected chi connectivity index (χ2v) is 6.51. The van der Waals surface area contributed by atoms with Gasteiger partial charge in [-0.2, -0.15) is 46.5 Å². The van der Waals surface area contributed by atoms with E-state index in [9.17, 15) is 0 Å². The fraction of sp³-hybridized carbons (Fsp3) is 0.545. The summed E-state index contributed by atoms with van der Waals surface area (Å²) in [6.07, 6.45) is 10.6. The van der Waals surface area contributed by atoms with Gasteiger partial charge in [-0.1, -0.05) is 79.1 Å². The van der Waals surface area contributed by atoms with Gasteiger partial charge in [0.2, 0.25) is 0 Å². The van der Waals surface area contributed by atoms with Crippen LogP contribution in [0.15, 0.2) is 36.4 Å². The minimum Gasteiger partial charge on any atom is -1.00 e. The van der Waals surface area contributed by atoms with Crippen LogP contribution in [-0.4, -0.2) is 0 Å². The molecule has 0 radical (unpaired) electrons. The average molecular weight is 461 g/mol. The van der Waals surface area contributed by atoms with Gasteiger partial charge in [0.25, 0.3) is 0 Å². The van der Waals surface area contributed by atoms with Gasteiger partial charge in [-0.05, 0) is 0 Å². The first-order valence-corrected chi connectivity index (χ1v) is 9.10. The topological polar surface area (TPSA) is 0 Å².